The molecule has 1 aliphatic rings. The van der Waals surface area contributed by atoms with Crippen LogP contribution in [0.5, 0.6) is 0 Å². The molecular formula is C10H13N5O3. The summed E-state index contributed by atoms with van der Waals surface area (Å²) in [6, 6.07) is -0.404. The van der Waals surface area contributed by atoms with Gasteiger partial charge in [-0.3, -0.25) is 10.1 Å². The molecule has 2 amide bonds. The molecule has 18 heavy (non-hydrogen) atoms. The maximum Gasteiger partial charge on any atom is 0.324 e. The Bertz CT molecular complexity index is 452. The minimum atomic E-state index is -0.879. The van der Waals surface area contributed by atoms with E-state index in [2.05, 4.69) is 20.5 Å². The monoisotopic (exact) mass is 251 g/mol. The second kappa shape index (κ2) is 4.94. The van der Waals surface area contributed by atoms with Gasteiger partial charge in [0.05, 0.1) is 18.3 Å². The van der Waals surface area contributed by atoms with Gasteiger partial charge in [-0.15, -0.1) is 5.10 Å². The Labute approximate surface area is 103 Å². The van der Waals surface area contributed by atoms with E-state index in [1.807, 2.05) is 6.92 Å². The fraction of sp³-hybridized carbons (Fsp3) is 0.500. The molecule has 0 radical (unpaired) electrons. The van der Waals surface area contributed by atoms with Gasteiger partial charge in [-0.05, 0) is 5.92 Å². The molecule has 0 saturated carbocycles. The summed E-state index contributed by atoms with van der Waals surface area (Å²) in [5.74, 6) is -1.36. The van der Waals surface area contributed by atoms with E-state index < -0.39 is 17.9 Å². The summed E-state index contributed by atoms with van der Waals surface area (Å²) in [4.78, 5) is 28.0. The van der Waals surface area contributed by atoms with Gasteiger partial charge in [0.25, 0.3) is 5.95 Å². The normalized spacial score (nSPS) is 22.8. The third-order valence-corrected chi connectivity index (χ3v) is 2.92. The minimum absolute atomic E-state index is 0.0666. The van der Waals surface area contributed by atoms with Crippen LogP contribution in [0, 0.1) is 11.8 Å². The van der Waals surface area contributed by atoms with Gasteiger partial charge in [0, 0.05) is 13.1 Å². The van der Waals surface area contributed by atoms with Crippen LogP contribution in [0.4, 0.5) is 10.7 Å². The van der Waals surface area contributed by atoms with Crippen molar-refractivity contribution in [2.45, 2.75) is 6.92 Å². The zero-order chi connectivity index (χ0) is 13.1. The predicted octanol–water partition coefficient (Wildman–Crippen LogP) is 0.0560. The van der Waals surface area contributed by atoms with Crippen LogP contribution in [0.25, 0.3) is 0 Å². The van der Waals surface area contributed by atoms with E-state index in [9.17, 15) is 9.59 Å². The Morgan fingerprint density at radius 2 is 2.22 bits per heavy atom. The molecule has 1 fully saturated rings. The fourth-order valence-electron chi connectivity index (χ4n) is 1.93. The number of rotatable bonds is 2. The summed E-state index contributed by atoms with van der Waals surface area (Å²) in [6.45, 7) is 2.41. The molecule has 0 aromatic carbocycles. The number of carbonyl (C=O) groups is 2. The lowest BCUT2D eigenvalue weighted by molar-refractivity contribution is -0.142. The number of urea groups is 1. The number of anilines is 1. The molecule has 8 nitrogen and oxygen atoms in total. The molecule has 1 saturated heterocycles. The predicted molar refractivity (Wildman–Crippen MR) is 60.7 cm³/mol. The van der Waals surface area contributed by atoms with E-state index in [1.54, 1.807) is 0 Å². The van der Waals surface area contributed by atoms with Gasteiger partial charge in [0.15, 0.2) is 0 Å². The number of amides is 2. The standard InChI is InChI=1S/C10H13N5O3/c1-6-4-15(5-7(6)8(16)17)10(18)13-9-11-2-3-12-14-9/h2-3,6-7H,4-5H2,1H3,(H,16,17)(H,11,13,14,18)/t6-,7-/m1/s1. The molecule has 2 rings (SSSR count). The van der Waals surface area contributed by atoms with Crippen LogP contribution in [0.15, 0.2) is 12.4 Å². The highest BCUT2D eigenvalue weighted by Gasteiger charge is 2.37. The first-order chi connectivity index (χ1) is 8.58. The summed E-state index contributed by atoms with van der Waals surface area (Å²) in [5, 5.41) is 18.7. The molecule has 96 valence electrons. The number of likely N-dealkylation sites (tertiary alicyclic amines) is 1. The summed E-state index contributed by atoms with van der Waals surface area (Å²) in [6.07, 6.45) is 2.81. The van der Waals surface area contributed by atoms with Crippen molar-refractivity contribution >= 4 is 17.9 Å². The van der Waals surface area contributed by atoms with Gasteiger partial charge < -0.3 is 10.0 Å². The molecular weight excluding hydrogens is 238 g/mol. The van der Waals surface area contributed by atoms with Gasteiger partial charge in [-0.1, -0.05) is 6.92 Å². The van der Waals surface area contributed by atoms with E-state index in [1.165, 1.54) is 17.3 Å². The molecule has 1 aliphatic heterocycles. The molecule has 0 bridgehead atoms. The maximum absolute atomic E-state index is 11.8. The highest BCUT2D eigenvalue weighted by atomic mass is 16.4. The SMILES string of the molecule is C[C@@H]1CN(C(=O)Nc2nccnn2)C[C@H]1C(=O)O. The Balaban J connectivity index is 1.97. The van der Waals surface area contributed by atoms with Crippen LogP contribution in [0.1, 0.15) is 6.92 Å². The Hall–Kier alpha value is -2.25. The van der Waals surface area contributed by atoms with Crippen molar-refractivity contribution in [3.63, 3.8) is 0 Å². The minimum Gasteiger partial charge on any atom is -0.481 e. The van der Waals surface area contributed by atoms with E-state index in [-0.39, 0.29) is 18.4 Å². The molecule has 8 heteroatoms. The van der Waals surface area contributed by atoms with E-state index >= 15 is 0 Å². The third kappa shape index (κ3) is 2.53. The number of aromatic nitrogens is 3. The molecule has 1 aromatic rings. The second-order valence-electron chi connectivity index (χ2n) is 4.22. The van der Waals surface area contributed by atoms with Crippen LogP contribution < -0.4 is 5.32 Å². The highest BCUT2D eigenvalue weighted by molar-refractivity contribution is 5.88. The van der Waals surface area contributed by atoms with Crippen molar-refractivity contribution < 1.29 is 14.7 Å². The number of carboxylic acid groups (broad SMARTS) is 1. The lowest BCUT2D eigenvalue weighted by Crippen LogP contribution is -2.34. The third-order valence-electron chi connectivity index (χ3n) is 2.92. The molecule has 0 unspecified atom stereocenters. The van der Waals surface area contributed by atoms with Crippen molar-refractivity contribution in [2.24, 2.45) is 11.8 Å². The second-order valence-corrected chi connectivity index (χ2v) is 4.22. The quantitative estimate of drug-likeness (QED) is 0.769. The van der Waals surface area contributed by atoms with Gasteiger partial charge in [0.2, 0.25) is 0 Å². The average Bonchev–Trinajstić information content (AvgIpc) is 2.73. The highest BCUT2D eigenvalue weighted by Crippen LogP contribution is 2.23. The fourth-order valence-corrected chi connectivity index (χ4v) is 1.93. The number of hydrogen-bond donors (Lipinski definition) is 2. The molecule has 2 atom stereocenters. The number of aliphatic carboxylic acids is 1. The van der Waals surface area contributed by atoms with Gasteiger partial charge in [0.1, 0.15) is 0 Å². The zero-order valence-electron chi connectivity index (χ0n) is 9.78. The molecule has 0 aliphatic carbocycles. The molecule has 1 aromatic heterocycles. The van der Waals surface area contributed by atoms with Crippen molar-refractivity contribution in [3.05, 3.63) is 12.4 Å². The molecule has 2 N–H and O–H groups in total. The summed E-state index contributed by atoms with van der Waals surface area (Å²) < 4.78 is 0. The smallest absolute Gasteiger partial charge is 0.324 e. The van der Waals surface area contributed by atoms with E-state index in [0.29, 0.717) is 6.54 Å². The van der Waals surface area contributed by atoms with Crippen LogP contribution >= 0.6 is 0 Å². The first-order valence-corrected chi connectivity index (χ1v) is 5.50. The van der Waals surface area contributed by atoms with Crippen LogP contribution in [0.3, 0.4) is 0 Å². The van der Waals surface area contributed by atoms with E-state index in [0.717, 1.165) is 0 Å². The summed E-state index contributed by atoms with van der Waals surface area (Å²) in [5.41, 5.74) is 0. The number of carbonyl (C=O) groups excluding carboxylic acids is 1. The van der Waals surface area contributed by atoms with Gasteiger partial charge in [-0.2, -0.15) is 5.10 Å². The zero-order valence-corrected chi connectivity index (χ0v) is 9.78. The molecule has 0 spiro atoms. The largest absolute Gasteiger partial charge is 0.481 e. The number of hydrogen-bond acceptors (Lipinski definition) is 5. The lowest BCUT2D eigenvalue weighted by Gasteiger charge is -2.15. The van der Waals surface area contributed by atoms with Gasteiger partial charge >= 0.3 is 12.0 Å². The van der Waals surface area contributed by atoms with Crippen LogP contribution in [0.2, 0.25) is 0 Å². The number of nitrogens with one attached hydrogen (secondary N) is 1. The first-order valence-electron chi connectivity index (χ1n) is 5.50. The average molecular weight is 251 g/mol. The van der Waals surface area contributed by atoms with Crippen molar-refractivity contribution in [1.29, 1.82) is 0 Å². The number of nitrogens with zero attached hydrogens (tertiary/aromatic N) is 4. The Morgan fingerprint density at radius 1 is 1.44 bits per heavy atom. The Kier molecular flexibility index (Phi) is 3.35. The van der Waals surface area contributed by atoms with Crippen molar-refractivity contribution in [2.75, 3.05) is 18.4 Å². The maximum atomic E-state index is 11.8. The number of carboxylic acids is 1. The van der Waals surface area contributed by atoms with Crippen molar-refractivity contribution in [3.8, 4) is 0 Å². The Morgan fingerprint density at radius 3 is 2.78 bits per heavy atom. The lowest BCUT2D eigenvalue weighted by atomic mass is 9.99. The summed E-state index contributed by atoms with van der Waals surface area (Å²) >= 11 is 0. The summed E-state index contributed by atoms with van der Waals surface area (Å²) in [7, 11) is 0. The van der Waals surface area contributed by atoms with Gasteiger partial charge in [-0.25, -0.2) is 9.78 Å². The van der Waals surface area contributed by atoms with Crippen LogP contribution in [-0.4, -0.2) is 50.3 Å². The molecule has 2 heterocycles. The first kappa shape index (κ1) is 12.2. The van der Waals surface area contributed by atoms with Crippen LogP contribution in [-0.2, 0) is 4.79 Å². The van der Waals surface area contributed by atoms with Crippen molar-refractivity contribution in [1.82, 2.24) is 20.1 Å². The topological polar surface area (TPSA) is 108 Å². The van der Waals surface area contributed by atoms with E-state index in [4.69, 9.17) is 5.11 Å².